The van der Waals surface area contributed by atoms with Crippen molar-refractivity contribution in [2.45, 2.75) is 36.8 Å². The summed E-state index contributed by atoms with van der Waals surface area (Å²) in [6.07, 6.45) is -1.44. The largest absolute Gasteiger partial charge is 0.387 e. The van der Waals surface area contributed by atoms with E-state index in [0.29, 0.717) is 6.42 Å². The molecule has 154 valence electrons. The molecule has 2 aromatic rings. The highest BCUT2D eigenvalue weighted by Gasteiger charge is 2.41. The van der Waals surface area contributed by atoms with E-state index in [-0.39, 0.29) is 37.0 Å². The molecule has 7 heteroatoms. The Morgan fingerprint density at radius 1 is 1.21 bits per heavy atom. The van der Waals surface area contributed by atoms with Gasteiger partial charge in [-0.15, -0.1) is 0 Å². The summed E-state index contributed by atoms with van der Waals surface area (Å²) < 4.78 is 24.6. The number of carbonyl (C=O) groups excluding carboxylic acids is 1. The monoisotopic (exact) mass is 400 g/mol. The lowest BCUT2D eigenvalue weighted by atomic mass is 9.86. The summed E-state index contributed by atoms with van der Waals surface area (Å²) >= 11 is 0. The summed E-state index contributed by atoms with van der Waals surface area (Å²) in [6, 6.07) is 12.8. The maximum Gasteiger partial charge on any atom is 0.252 e. The van der Waals surface area contributed by atoms with Gasteiger partial charge in [0.15, 0.2) is 0 Å². The van der Waals surface area contributed by atoms with Crippen LogP contribution in [0, 0.1) is 5.82 Å². The molecule has 3 N–H and O–H groups in total. The van der Waals surface area contributed by atoms with Crippen LogP contribution in [0.2, 0.25) is 0 Å². The van der Waals surface area contributed by atoms with E-state index in [4.69, 9.17) is 15.2 Å². The molecule has 0 saturated carbocycles. The zero-order valence-corrected chi connectivity index (χ0v) is 16.2. The molecule has 0 aromatic heterocycles. The average molecular weight is 400 g/mol. The molecule has 0 bridgehead atoms. The smallest absolute Gasteiger partial charge is 0.252 e. The molecule has 2 aliphatic heterocycles. The Morgan fingerprint density at radius 3 is 2.55 bits per heavy atom. The number of halogens is 1. The Morgan fingerprint density at radius 2 is 1.90 bits per heavy atom. The number of carbonyl (C=O) groups is 1. The summed E-state index contributed by atoms with van der Waals surface area (Å²) in [4.78, 5) is 15.0. The van der Waals surface area contributed by atoms with Gasteiger partial charge in [-0.3, -0.25) is 4.79 Å². The number of β-amino-alcohol motifs (C(OH)–C–C–N with tert-alkyl or cyclic N) is 1. The van der Waals surface area contributed by atoms with Crippen molar-refractivity contribution in [1.82, 2.24) is 4.90 Å². The summed E-state index contributed by atoms with van der Waals surface area (Å²) in [7, 11) is 1.57. The number of nitrogens with zero attached hydrogens (tertiary/aromatic N) is 1. The first-order valence-electron chi connectivity index (χ1n) is 9.72. The third-order valence-corrected chi connectivity index (χ3v) is 5.80. The second-order valence-electron chi connectivity index (χ2n) is 7.59. The number of hydrogen-bond donors (Lipinski definition) is 2. The minimum Gasteiger partial charge on any atom is -0.387 e. The van der Waals surface area contributed by atoms with Crippen LogP contribution in [-0.2, 0) is 14.3 Å². The number of rotatable bonds is 3. The fourth-order valence-electron chi connectivity index (χ4n) is 4.24. The summed E-state index contributed by atoms with van der Waals surface area (Å²) in [5.41, 5.74) is 8.51. The molecule has 1 saturated heterocycles. The first-order valence-corrected chi connectivity index (χ1v) is 9.72. The molecule has 1 fully saturated rings. The molecule has 0 spiro atoms. The van der Waals surface area contributed by atoms with Gasteiger partial charge in [0, 0.05) is 19.6 Å². The molecule has 2 aliphatic rings. The first kappa shape index (κ1) is 20.0. The van der Waals surface area contributed by atoms with Gasteiger partial charge in [0.05, 0.1) is 31.4 Å². The van der Waals surface area contributed by atoms with E-state index < -0.39 is 18.2 Å². The van der Waals surface area contributed by atoms with Crippen LogP contribution in [0.1, 0.15) is 35.3 Å². The standard InChI is InChI=1S/C22H25FN2O4/c1-28-20-12-29-19(10-17(20)24)22(27)25-11-18(26)15-4-2-3-5-16(15)21(25)13-6-8-14(23)9-7-13/h2-9,17-21,26H,10-12,24H2,1H3/t17-,18-,19+,20-,21-/m0/s1. The van der Waals surface area contributed by atoms with Crippen LogP contribution in [0.15, 0.2) is 48.5 Å². The van der Waals surface area contributed by atoms with Crippen molar-refractivity contribution >= 4 is 5.91 Å². The number of amides is 1. The van der Waals surface area contributed by atoms with Crippen LogP contribution in [0.5, 0.6) is 0 Å². The van der Waals surface area contributed by atoms with Crippen LogP contribution < -0.4 is 5.73 Å². The number of fused-ring (bicyclic) bond motifs is 1. The Balaban J connectivity index is 1.69. The molecule has 4 rings (SSSR count). The highest BCUT2D eigenvalue weighted by atomic mass is 19.1. The fraction of sp³-hybridized carbons (Fsp3) is 0.409. The van der Waals surface area contributed by atoms with Gasteiger partial charge in [0.25, 0.3) is 5.91 Å². The van der Waals surface area contributed by atoms with Crippen LogP contribution in [0.3, 0.4) is 0 Å². The Bertz CT molecular complexity index is 875. The fourth-order valence-corrected chi connectivity index (χ4v) is 4.24. The Hall–Kier alpha value is -2.32. The molecule has 1 amide bonds. The molecule has 0 unspecified atom stereocenters. The Kier molecular flexibility index (Phi) is 5.65. The maximum absolute atomic E-state index is 13.5. The lowest BCUT2D eigenvalue weighted by Gasteiger charge is -2.42. The number of benzene rings is 2. The van der Waals surface area contributed by atoms with Gasteiger partial charge in [-0.2, -0.15) is 0 Å². The molecule has 29 heavy (non-hydrogen) atoms. The molecule has 0 radical (unpaired) electrons. The van der Waals surface area contributed by atoms with Crippen LogP contribution in [0.25, 0.3) is 0 Å². The van der Waals surface area contributed by atoms with Gasteiger partial charge in [-0.1, -0.05) is 36.4 Å². The molecule has 2 aromatic carbocycles. The van der Waals surface area contributed by atoms with Gasteiger partial charge in [-0.25, -0.2) is 4.39 Å². The van der Waals surface area contributed by atoms with Crippen molar-refractivity contribution in [2.75, 3.05) is 20.3 Å². The third kappa shape index (κ3) is 3.79. The molecular weight excluding hydrogens is 375 g/mol. The van der Waals surface area contributed by atoms with Crippen molar-refractivity contribution in [3.8, 4) is 0 Å². The topological polar surface area (TPSA) is 85.0 Å². The minimum atomic E-state index is -0.809. The van der Waals surface area contributed by atoms with Gasteiger partial charge < -0.3 is 25.2 Å². The van der Waals surface area contributed by atoms with Crippen LogP contribution in [-0.4, -0.2) is 54.4 Å². The van der Waals surface area contributed by atoms with Crippen LogP contribution >= 0.6 is 0 Å². The average Bonchev–Trinajstić information content (AvgIpc) is 2.74. The quantitative estimate of drug-likeness (QED) is 0.822. The predicted octanol–water partition coefficient (Wildman–Crippen LogP) is 1.92. The minimum absolute atomic E-state index is 0.126. The lowest BCUT2D eigenvalue weighted by Crippen LogP contribution is -2.54. The zero-order valence-electron chi connectivity index (χ0n) is 16.2. The van der Waals surface area contributed by atoms with E-state index >= 15 is 0 Å². The van der Waals surface area contributed by atoms with Crippen molar-refractivity contribution in [1.29, 1.82) is 0 Å². The predicted molar refractivity (Wildman–Crippen MR) is 104 cm³/mol. The van der Waals surface area contributed by atoms with Gasteiger partial charge in [-0.05, 0) is 28.8 Å². The van der Waals surface area contributed by atoms with E-state index in [1.54, 1.807) is 24.1 Å². The lowest BCUT2D eigenvalue weighted by molar-refractivity contribution is -0.158. The van der Waals surface area contributed by atoms with Gasteiger partial charge in [0.1, 0.15) is 11.9 Å². The second kappa shape index (κ2) is 8.20. The van der Waals surface area contributed by atoms with E-state index in [2.05, 4.69) is 0 Å². The molecule has 2 heterocycles. The summed E-state index contributed by atoms with van der Waals surface area (Å²) in [5.74, 6) is -0.583. The Labute approximate surface area is 169 Å². The van der Waals surface area contributed by atoms with Gasteiger partial charge in [0.2, 0.25) is 0 Å². The zero-order chi connectivity index (χ0) is 20.5. The highest BCUT2D eigenvalue weighted by molar-refractivity contribution is 5.82. The number of ether oxygens (including phenoxy) is 2. The van der Waals surface area contributed by atoms with E-state index in [1.165, 1.54) is 12.1 Å². The van der Waals surface area contributed by atoms with Crippen LogP contribution in [0.4, 0.5) is 4.39 Å². The summed E-state index contributed by atoms with van der Waals surface area (Å²) in [6.45, 7) is 0.364. The maximum atomic E-state index is 13.5. The molecular formula is C22H25FN2O4. The normalized spacial score (nSPS) is 29.4. The number of aliphatic hydroxyl groups excluding tert-OH is 1. The van der Waals surface area contributed by atoms with Crippen molar-refractivity contribution in [3.63, 3.8) is 0 Å². The van der Waals surface area contributed by atoms with Gasteiger partial charge >= 0.3 is 0 Å². The van der Waals surface area contributed by atoms with E-state index in [9.17, 15) is 14.3 Å². The first-order chi connectivity index (χ1) is 14.0. The number of hydrogen-bond acceptors (Lipinski definition) is 5. The number of nitrogens with two attached hydrogens (primary N) is 1. The molecule has 5 atom stereocenters. The van der Waals surface area contributed by atoms with E-state index in [1.807, 2.05) is 24.3 Å². The SMILES string of the molecule is CO[C@H]1CO[C@@H](C(=O)N2C[C@H](O)c3ccccc3[C@@H]2c2ccc(F)cc2)C[C@@H]1N. The number of aliphatic hydroxyl groups is 1. The van der Waals surface area contributed by atoms with Crippen molar-refractivity contribution in [2.24, 2.45) is 5.73 Å². The third-order valence-electron chi connectivity index (χ3n) is 5.80. The van der Waals surface area contributed by atoms with Crippen molar-refractivity contribution < 1.29 is 23.8 Å². The summed E-state index contributed by atoms with van der Waals surface area (Å²) in [5, 5.41) is 10.7. The van der Waals surface area contributed by atoms with Crippen molar-refractivity contribution in [3.05, 3.63) is 71.0 Å². The molecule has 6 nitrogen and oxygen atoms in total. The highest BCUT2D eigenvalue weighted by Crippen LogP contribution is 2.40. The number of methoxy groups -OCH3 is 1. The second-order valence-corrected chi connectivity index (χ2v) is 7.59. The van der Waals surface area contributed by atoms with E-state index in [0.717, 1.165) is 16.7 Å². The molecule has 0 aliphatic carbocycles.